The van der Waals surface area contributed by atoms with Crippen LogP contribution in [0.15, 0.2) is 0 Å². The number of thioether (sulfide) groups is 1. The maximum absolute atomic E-state index is 5.90. The lowest BCUT2D eigenvalue weighted by molar-refractivity contribution is 0.0168. The molecule has 0 radical (unpaired) electrons. The Labute approximate surface area is 111 Å². The van der Waals surface area contributed by atoms with Gasteiger partial charge in [0.05, 0.1) is 0 Å². The molecule has 0 spiro atoms. The Morgan fingerprint density at radius 3 is 2.29 bits per heavy atom. The Hall–Kier alpha value is 0.230. The van der Waals surface area contributed by atoms with Gasteiger partial charge in [-0.3, -0.25) is 0 Å². The zero-order valence-electron chi connectivity index (χ0n) is 11.9. The molecule has 0 amide bonds. The van der Waals surface area contributed by atoms with E-state index in [-0.39, 0.29) is 0 Å². The highest BCUT2D eigenvalue weighted by Gasteiger charge is 2.40. The van der Waals surface area contributed by atoms with Crippen LogP contribution in [0.5, 0.6) is 0 Å². The summed E-state index contributed by atoms with van der Waals surface area (Å²) in [5, 5.41) is 0. The van der Waals surface area contributed by atoms with Crippen molar-refractivity contribution >= 4 is 11.8 Å². The third kappa shape index (κ3) is 3.85. The van der Waals surface area contributed by atoms with Crippen LogP contribution in [-0.4, -0.2) is 67.6 Å². The summed E-state index contributed by atoms with van der Waals surface area (Å²) in [6, 6.07) is 0.542. The van der Waals surface area contributed by atoms with E-state index < -0.39 is 0 Å². The summed E-state index contributed by atoms with van der Waals surface area (Å²) in [7, 11) is 6.67. The highest BCUT2D eigenvalue weighted by molar-refractivity contribution is 7.98. The van der Waals surface area contributed by atoms with Crippen LogP contribution in [0, 0.1) is 0 Å². The van der Waals surface area contributed by atoms with E-state index in [4.69, 9.17) is 5.73 Å². The lowest BCUT2D eigenvalue weighted by atomic mass is 9.75. The van der Waals surface area contributed by atoms with Crippen molar-refractivity contribution in [1.29, 1.82) is 0 Å². The molecular formula is C13H29N3S. The monoisotopic (exact) mass is 259 g/mol. The van der Waals surface area contributed by atoms with Crippen LogP contribution < -0.4 is 5.73 Å². The molecule has 0 heterocycles. The van der Waals surface area contributed by atoms with Crippen LogP contribution in [-0.2, 0) is 0 Å². The van der Waals surface area contributed by atoms with Crippen molar-refractivity contribution in [3.63, 3.8) is 0 Å². The Morgan fingerprint density at radius 1 is 1.29 bits per heavy atom. The van der Waals surface area contributed by atoms with Gasteiger partial charge in [-0.05, 0) is 58.8 Å². The molecule has 17 heavy (non-hydrogen) atoms. The van der Waals surface area contributed by atoms with Gasteiger partial charge < -0.3 is 15.5 Å². The van der Waals surface area contributed by atoms with Crippen molar-refractivity contribution in [2.45, 2.75) is 37.3 Å². The Kier molecular flexibility index (Phi) is 6.27. The van der Waals surface area contributed by atoms with Crippen molar-refractivity contribution in [2.24, 2.45) is 5.73 Å². The van der Waals surface area contributed by atoms with Gasteiger partial charge in [-0.25, -0.2) is 0 Å². The maximum Gasteiger partial charge on any atom is 0.0330 e. The molecule has 3 nitrogen and oxygen atoms in total. The molecule has 1 unspecified atom stereocenters. The second kappa shape index (κ2) is 6.98. The fourth-order valence-electron chi connectivity index (χ4n) is 2.70. The van der Waals surface area contributed by atoms with E-state index in [0.29, 0.717) is 11.6 Å². The van der Waals surface area contributed by atoms with E-state index in [1.165, 1.54) is 31.4 Å². The van der Waals surface area contributed by atoms with E-state index in [2.05, 4.69) is 37.2 Å². The van der Waals surface area contributed by atoms with Crippen LogP contribution in [0.3, 0.4) is 0 Å². The van der Waals surface area contributed by atoms with E-state index >= 15 is 0 Å². The van der Waals surface area contributed by atoms with E-state index in [9.17, 15) is 0 Å². The van der Waals surface area contributed by atoms with Gasteiger partial charge in [-0.15, -0.1) is 0 Å². The molecule has 0 bridgehead atoms. The summed E-state index contributed by atoms with van der Waals surface area (Å²) >= 11 is 1.91. The Balaban J connectivity index is 2.47. The molecule has 102 valence electrons. The number of rotatable bonds is 8. The van der Waals surface area contributed by atoms with Crippen molar-refractivity contribution in [1.82, 2.24) is 9.80 Å². The first-order valence-electron chi connectivity index (χ1n) is 6.62. The number of likely N-dealkylation sites (N-methyl/N-ethyl adjacent to an activating group) is 2. The van der Waals surface area contributed by atoms with Crippen LogP contribution in [0.2, 0.25) is 0 Å². The molecule has 0 aromatic heterocycles. The van der Waals surface area contributed by atoms with E-state index in [1.54, 1.807) is 0 Å². The SMILES string of the molecule is CSCCC(CN)N(C)CC1(N(C)C)CCC1. The molecule has 1 rings (SSSR count). The normalized spacial score (nSPS) is 20.6. The summed E-state index contributed by atoms with van der Waals surface area (Å²) in [6.45, 7) is 1.94. The zero-order chi connectivity index (χ0) is 12.9. The minimum Gasteiger partial charge on any atom is -0.329 e. The predicted molar refractivity (Wildman–Crippen MR) is 78.7 cm³/mol. The molecule has 0 aliphatic heterocycles. The van der Waals surface area contributed by atoms with Gasteiger partial charge in [-0.2, -0.15) is 11.8 Å². The molecule has 4 heteroatoms. The summed E-state index contributed by atoms with van der Waals surface area (Å²) in [6.07, 6.45) is 7.43. The maximum atomic E-state index is 5.90. The quantitative estimate of drug-likeness (QED) is 0.716. The smallest absolute Gasteiger partial charge is 0.0330 e. The molecule has 2 N–H and O–H groups in total. The van der Waals surface area contributed by atoms with E-state index in [0.717, 1.165) is 13.1 Å². The van der Waals surface area contributed by atoms with Gasteiger partial charge in [-0.1, -0.05) is 0 Å². The first kappa shape index (κ1) is 15.3. The standard InChI is InChI=1S/C13H29N3S/c1-15(2)13(7-5-8-13)11-16(3)12(10-14)6-9-17-4/h12H,5-11,14H2,1-4H3. The fraction of sp³-hybridized carbons (Fsp3) is 1.00. The topological polar surface area (TPSA) is 32.5 Å². The third-order valence-corrected chi connectivity index (χ3v) is 4.97. The summed E-state index contributed by atoms with van der Waals surface area (Å²) in [4.78, 5) is 4.89. The fourth-order valence-corrected chi connectivity index (χ4v) is 3.20. The van der Waals surface area contributed by atoms with Crippen LogP contribution in [0.1, 0.15) is 25.7 Å². The zero-order valence-corrected chi connectivity index (χ0v) is 12.7. The Bertz CT molecular complexity index is 217. The molecule has 0 aromatic rings. The molecule has 0 aromatic carbocycles. The molecule has 1 fully saturated rings. The molecule has 1 saturated carbocycles. The van der Waals surface area contributed by atoms with Gasteiger partial charge >= 0.3 is 0 Å². The second-order valence-corrected chi connectivity index (χ2v) is 6.54. The number of hydrogen-bond acceptors (Lipinski definition) is 4. The molecule has 1 aliphatic rings. The third-order valence-electron chi connectivity index (χ3n) is 4.33. The van der Waals surface area contributed by atoms with Crippen molar-refractivity contribution in [3.05, 3.63) is 0 Å². The first-order valence-corrected chi connectivity index (χ1v) is 8.02. The van der Waals surface area contributed by atoms with Crippen molar-refractivity contribution in [3.8, 4) is 0 Å². The number of hydrogen-bond donors (Lipinski definition) is 1. The minimum atomic E-state index is 0.418. The lowest BCUT2D eigenvalue weighted by Crippen LogP contribution is -2.58. The summed E-state index contributed by atoms with van der Waals surface area (Å²) in [5.41, 5.74) is 6.32. The second-order valence-electron chi connectivity index (χ2n) is 5.56. The average molecular weight is 259 g/mol. The molecule has 1 aliphatic carbocycles. The van der Waals surface area contributed by atoms with Gasteiger partial charge in [0.1, 0.15) is 0 Å². The van der Waals surface area contributed by atoms with Gasteiger partial charge in [0.25, 0.3) is 0 Å². The van der Waals surface area contributed by atoms with Gasteiger partial charge in [0, 0.05) is 24.7 Å². The highest BCUT2D eigenvalue weighted by atomic mass is 32.2. The van der Waals surface area contributed by atoms with Crippen molar-refractivity contribution < 1.29 is 0 Å². The average Bonchev–Trinajstić information content (AvgIpc) is 2.24. The van der Waals surface area contributed by atoms with Gasteiger partial charge in [0.2, 0.25) is 0 Å². The van der Waals surface area contributed by atoms with Crippen molar-refractivity contribution in [2.75, 3.05) is 46.2 Å². The summed E-state index contributed by atoms with van der Waals surface area (Å²) < 4.78 is 0. The molecular weight excluding hydrogens is 230 g/mol. The Morgan fingerprint density at radius 2 is 1.94 bits per heavy atom. The van der Waals surface area contributed by atoms with Crippen LogP contribution in [0.4, 0.5) is 0 Å². The first-order chi connectivity index (χ1) is 8.05. The largest absolute Gasteiger partial charge is 0.329 e. The molecule has 1 atom stereocenters. The van der Waals surface area contributed by atoms with Crippen LogP contribution >= 0.6 is 11.8 Å². The van der Waals surface area contributed by atoms with Gasteiger partial charge in [0.15, 0.2) is 0 Å². The lowest BCUT2D eigenvalue weighted by Gasteiger charge is -2.50. The molecule has 0 saturated heterocycles. The highest BCUT2D eigenvalue weighted by Crippen LogP contribution is 2.37. The predicted octanol–water partition coefficient (Wildman–Crippen LogP) is 1.48. The van der Waals surface area contributed by atoms with Crippen LogP contribution in [0.25, 0.3) is 0 Å². The number of nitrogens with zero attached hydrogens (tertiary/aromatic N) is 2. The minimum absolute atomic E-state index is 0.418. The number of nitrogens with two attached hydrogens (primary N) is 1. The van der Waals surface area contributed by atoms with E-state index in [1.807, 2.05) is 11.8 Å². The summed E-state index contributed by atoms with van der Waals surface area (Å²) in [5.74, 6) is 1.21.